The number of benzene rings is 3. The maximum absolute atomic E-state index is 12.7. The third-order valence-corrected chi connectivity index (χ3v) is 4.87. The minimum atomic E-state index is -1.14. The molecule has 0 spiro atoms. The lowest BCUT2D eigenvalue weighted by molar-refractivity contribution is 0.0698. The summed E-state index contributed by atoms with van der Waals surface area (Å²) in [5, 5.41) is 12.0. The first-order chi connectivity index (χ1) is 14.9. The van der Waals surface area contributed by atoms with Gasteiger partial charge in [0.05, 0.1) is 25.5 Å². The van der Waals surface area contributed by atoms with Crippen LogP contribution in [0.2, 0.25) is 0 Å². The molecule has 7 nitrogen and oxygen atoms in total. The average Bonchev–Trinajstić information content (AvgIpc) is 2.78. The van der Waals surface area contributed by atoms with Gasteiger partial charge in [0.1, 0.15) is 23.9 Å². The van der Waals surface area contributed by atoms with Gasteiger partial charge in [-0.15, -0.1) is 0 Å². The maximum Gasteiger partial charge on any atom is 0.337 e. The number of carboxylic acids is 1. The molecular formula is C23H20BrNO6. The van der Waals surface area contributed by atoms with Crippen LogP contribution in [-0.2, 0) is 6.61 Å². The SMILES string of the molecule is COc1cc(COc2cccc(C(=O)Nc3ccc(Br)cc3C(=O)O)c2)cc(OC)c1. The Morgan fingerprint density at radius 3 is 2.29 bits per heavy atom. The van der Waals surface area contributed by atoms with Crippen molar-refractivity contribution < 1.29 is 28.9 Å². The summed E-state index contributed by atoms with van der Waals surface area (Å²) < 4.78 is 16.9. The number of nitrogens with one attached hydrogen (secondary N) is 1. The molecule has 0 bridgehead atoms. The second kappa shape index (κ2) is 9.99. The summed E-state index contributed by atoms with van der Waals surface area (Å²) in [4.78, 5) is 24.1. The predicted octanol–water partition coefficient (Wildman–Crippen LogP) is 5.00. The average molecular weight is 486 g/mol. The summed E-state index contributed by atoms with van der Waals surface area (Å²) in [6, 6.07) is 16.7. The van der Waals surface area contributed by atoms with Crippen molar-refractivity contribution in [2.75, 3.05) is 19.5 Å². The fraction of sp³-hybridized carbons (Fsp3) is 0.130. The fourth-order valence-electron chi connectivity index (χ4n) is 2.84. The number of hydrogen-bond donors (Lipinski definition) is 2. The molecule has 0 atom stereocenters. The molecule has 3 aromatic carbocycles. The van der Waals surface area contributed by atoms with Gasteiger partial charge >= 0.3 is 5.97 Å². The van der Waals surface area contributed by atoms with Gasteiger partial charge in [-0.25, -0.2) is 4.79 Å². The molecule has 0 fully saturated rings. The Kier molecular flexibility index (Phi) is 7.15. The van der Waals surface area contributed by atoms with Crippen LogP contribution in [0.15, 0.2) is 65.1 Å². The number of halogens is 1. The minimum Gasteiger partial charge on any atom is -0.497 e. The largest absolute Gasteiger partial charge is 0.497 e. The van der Waals surface area contributed by atoms with E-state index in [4.69, 9.17) is 14.2 Å². The summed E-state index contributed by atoms with van der Waals surface area (Å²) in [5.41, 5.74) is 1.37. The number of anilines is 1. The third-order valence-electron chi connectivity index (χ3n) is 4.37. The van der Waals surface area contributed by atoms with Crippen LogP contribution in [0.3, 0.4) is 0 Å². The second-order valence-electron chi connectivity index (χ2n) is 6.49. The minimum absolute atomic E-state index is 0.0119. The lowest BCUT2D eigenvalue weighted by Crippen LogP contribution is -2.15. The molecule has 2 N–H and O–H groups in total. The molecule has 8 heteroatoms. The van der Waals surface area contributed by atoms with Crippen molar-refractivity contribution in [1.29, 1.82) is 0 Å². The van der Waals surface area contributed by atoms with Crippen LogP contribution in [-0.4, -0.2) is 31.2 Å². The van der Waals surface area contributed by atoms with Crippen LogP contribution in [0.1, 0.15) is 26.3 Å². The molecule has 0 unspecified atom stereocenters. The van der Waals surface area contributed by atoms with Crippen LogP contribution in [0.25, 0.3) is 0 Å². The zero-order valence-corrected chi connectivity index (χ0v) is 18.4. The number of carbonyl (C=O) groups is 2. The highest BCUT2D eigenvalue weighted by Gasteiger charge is 2.15. The van der Waals surface area contributed by atoms with Gasteiger partial charge < -0.3 is 24.6 Å². The molecule has 1 amide bonds. The van der Waals surface area contributed by atoms with Crippen molar-refractivity contribution in [3.8, 4) is 17.2 Å². The molecule has 3 rings (SSSR count). The van der Waals surface area contributed by atoms with E-state index in [0.717, 1.165) is 5.56 Å². The van der Waals surface area contributed by atoms with Crippen LogP contribution < -0.4 is 19.5 Å². The smallest absolute Gasteiger partial charge is 0.337 e. The highest BCUT2D eigenvalue weighted by atomic mass is 79.9. The Bertz CT molecular complexity index is 1090. The van der Waals surface area contributed by atoms with Crippen LogP contribution in [0.4, 0.5) is 5.69 Å². The Morgan fingerprint density at radius 1 is 0.935 bits per heavy atom. The van der Waals surface area contributed by atoms with Gasteiger partial charge in [0.15, 0.2) is 0 Å². The van der Waals surface area contributed by atoms with Crippen LogP contribution in [0, 0.1) is 0 Å². The van der Waals surface area contributed by atoms with Gasteiger partial charge in [0.2, 0.25) is 0 Å². The molecule has 0 radical (unpaired) electrons. The van der Waals surface area contributed by atoms with E-state index in [1.165, 1.54) is 12.1 Å². The highest BCUT2D eigenvalue weighted by Crippen LogP contribution is 2.25. The van der Waals surface area contributed by atoms with E-state index in [-0.39, 0.29) is 17.9 Å². The molecule has 0 heterocycles. The predicted molar refractivity (Wildman–Crippen MR) is 119 cm³/mol. The van der Waals surface area contributed by atoms with E-state index in [0.29, 0.717) is 27.3 Å². The molecule has 3 aromatic rings. The van der Waals surface area contributed by atoms with Gasteiger partial charge in [0, 0.05) is 16.1 Å². The zero-order chi connectivity index (χ0) is 22.4. The molecule has 0 aliphatic carbocycles. The van der Waals surface area contributed by atoms with Crippen molar-refractivity contribution in [3.05, 3.63) is 81.8 Å². The van der Waals surface area contributed by atoms with Crippen molar-refractivity contribution in [2.24, 2.45) is 0 Å². The Labute approximate surface area is 187 Å². The van der Waals surface area contributed by atoms with Crippen molar-refractivity contribution in [3.63, 3.8) is 0 Å². The number of carbonyl (C=O) groups excluding carboxylic acids is 1. The number of amides is 1. The molecule has 0 aromatic heterocycles. The first-order valence-electron chi connectivity index (χ1n) is 9.18. The normalized spacial score (nSPS) is 10.3. The van der Waals surface area contributed by atoms with E-state index in [1.54, 1.807) is 50.6 Å². The van der Waals surface area contributed by atoms with E-state index >= 15 is 0 Å². The summed E-state index contributed by atoms with van der Waals surface area (Å²) in [7, 11) is 3.14. The number of methoxy groups -OCH3 is 2. The lowest BCUT2D eigenvalue weighted by Gasteiger charge is -2.12. The zero-order valence-electron chi connectivity index (χ0n) is 16.8. The van der Waals surface area contributed by atoms with Crippen molar-refractivity contribution in [2.45, 2.75) is 6.61 Å². The first kappa shape index (κ1) is 22.2. The summed E-state index contributed by atoms with van der Waals surface area (Å²) >= 11 is 3.23. The topological polar surface area (TPSA) is 94.1 Å². The van der Waals surface area contributed by atoms with E-state index < -0.39 is 11.9 Å². The van der Waals surface area contributed by atoms with E-state index in [2.05, 4.69) is 21.2 Å². The van der Waals surface area contributed by atoms with Gasteiger partial charge in [-0.1, -0.05) is 22.0 Å². The molecule has 31 heavy (non-hydrogen) atoms. The Morgan fingerprint density at radius 2 is 1.65 bits per heavy atom. The number of ether oxygens (including phenoxy) is 3. The highest BCUT2D eigenvalue weighted by molar-refractivity contribution is 9.10. The molecular weight excluding hydrogens is 466 g/mol. The number of rotatable bonds is 8. The first-order valence-corrected chi connectivity index (χ1v) is 9.98. The lowest BCUT2D eigenvalue weighted by atomic mass is 10.1. The number of aromatic carboxylic acids is 1. The summed E-state index contributed by atoms with van der Waals surface area (Å²) in [6.07, 6.45) is 0. The standard InChI is InChI=1S/C23H20BrNO6/c1-29-18-8-14(9-19(12-18)30-2)13-31-17-5-3-4-15(10-17)22(26)25-21-7-6-16(24)11-20(21)23(27)28/h3-12H,13H2,1-2H3,(H,25,26)(H,27,28). The fourth-order valence-corrected chi connectivity index (χ4v) is 3.20. The Hall–Kier alpha value is -3.52. The molecule has 0 aliphatic heterocycles. The number of carboxylic acid groups (broad SMARTS) is 1. The van der Waals surface area contributed by atoms with Gasteiger partial charge in [-0.05, 0) is 54.1 Å². The quantitative estimate of drug-likeness (QED) is 0.466. The van der Waals surface area contributed by atoms with Gasteiger partial charge in [-0.2, -0.15) is 0 Å². The van der Waals surface area contributed by atoms with Crippen LogP contribution in [0.5, 0.6) is 17.2 Å². The monoisotopic (exact) mass is 485 g/mol. The van der Waals surface area contributed by atoms with Gasteiger partial charge in [-0.3, -0.25) is 4.79 Å². The van der Waals surface area contributed by atoms with E-state index in [1.807, 2.05) is 12.1 Å². The van der Waals surface area contributed by atoms with Gasteiger partial charge in [0.25, 0.3) is 5.91 Å². The maximum atomic E-state index is 12.7. The molecule has 160 valence electrons. The third kappa shape index (κ3) is 5.76. The summed E-state index contributed by atoms with van der Waals surface area (Å²) in [5.74, 6) is 0.203. The number of hydrogen-bond acceptors (Lipinski definition) is 5. The molecule has 0 saturated heterocycles. The molecule has 0 aliphatic rings. The summed E-state index contributed by atoms with van der Waals surface area (Å²) in [6.45, 7) is 0.245. The Balaban J connectivity index is 1.73. The van der Waals surface area contributed by atoms with Crippen LogP contribution >= 0.6 is 15.9 Å². The van der Waals surface area contributed by atoms with E-state index in [9.17, 15) is 14.7 Å². The van der Waals surface area contributed by atoms with Crippen molar-refractivity contribution in [1.82, 2.24) is 0 Å². The second-order valence-corrected chi connectivity index (χ2v) is 7.40. The van der Waals surface area contributed by atoms with Crippen molar-refractivity contribution >= 4 is 33.5 Å². The molecule has 0 saturated carbocycles.